The molecule has 0 radical (unpaired) electrons. The Morgan fingerprint density at radius 3 is 2.60 bits per heavy atom. The van der Waals surface area contributed by atoms with Gasteiger partial charge in [0.15, 0.2) is 0 Å². The van der Waals surface area contributed by atoms with Gasteiger partial charge in [-0.05, 0) is 48.4 Å². The Balaban J connectivity index is 1.28. The summed E-state index contributed by atoms with van der Waals surface area (Å²) in [5.41, 5.74) is 5.48. The maximum atomic E-state index is 13.5. The summed E-state index contributed by atoms with van der Waals surface area (Å²) in [4.78, 5) is 28.7. The number of amides is 2. The molecule has 2 amide bonds. The minimum Gasteiger partial charge on any atom is -0.334 e. The van der Waals surface area contributed by atoms with Crippen LogP contribution in [0.4, 0.5) is 16.4 Å². The normalized spacial score (nSPS) is 11.8. The summed E-state index contributed by atoms with van der Waals surface area (Å²) < 4.78 is 1.77. The number of nitrogens with zero attached hydrogens (tertiary/aromatic N) is 8. The molecule has 0 saturated carbocycles. The van der Waals surface area contributed by atoms with E-state index >= 15 is 0 Å². The zero-order valence-electron chi connectivity index (χ0n) is 25.5. The molecule has 0 aliphatic rings. The summed E-state index contributed by atoms with van der Waals surface area (Å²) in [7, 11) is 1.89. The van der Waals surface area contributed by atoms with Gasteiger partial charge in [0.2, 0.25) is 5.95 Å². The second-order valence-corrected chi connectivity index (χ2v) is 10.7. The van der Waals surface area contributed by atoms with Gasteiger partial charge in [0, 0.05) is 55.6 Å². The van der Waals surface area contributed by atoms with Gasteiger partial charge in [-0.25, -0.2) is 19.8 Å². The SMILES string of the molecule is CCCC(C=Nc1ncc(C#N)c(-c2cn[nH]c2)n1)CCCN(C(=O)NCc1ccccc1)c1ccc(-c2cnn(C)c2)cc1. The Hall–Kier alpha value is -5.63. The summed E-state index contributed by atoms with van der Waals surface area (Å²) in [5, 5.41) is 23.5. The number of hydrogen-bond donors (Lipinski definition) is 2. The summed E-state index contributed by atoms with van der Waals surface area (Å²) in [6.07, 6.45) is 14.0. The van der Waals surface area contributed by atoms with E-state index < -0.39 is 0 Å². The highest BCUT2D eigenvalue weighted by Crippen LogP contribution is 2.25. The largest absolute Gasteiger partial charge is 0.334 e. The van der Waals surface area contributed by atoms with Crippen LogP contribution in [0.5, 0.6) is 0 Å². The van der Waals surface area contributed by atoms with Gasteiger partial charge in [0.1, 0.15) is 6.07 Å². The molecule has 45 heavy (non-hydrogen) atoms. The molecule has 0 bridgehead atoms. The first-order valence-corrected chi connectivity index (χ1v) is 15.0. The van der Waals surface area contributed by atoms with E-state index in [9.17, 15) is 10.1 Å². The lowest BCUT2D eigenvalue weighted by Gasteiger charge is -2.24. The second-order valence-electron chi connectivity index (χ2n) is 10.7. The topological polar surface area (TPSA) is 141 Å². The Morgan fingerprint density at radius 1 is 1.09 bits per heavy atom. The highest BCUT2D eigenvalue weighted by Gasteiger charge is 2.17. The standard InChI is InChI=1S/C34H36N10O/c1-3-8-25(18-36-33-37-20-28(17-35)32(42-33)29-21-39-40-22-29)11-7-16-44(34(45)38-19-26-9-5-4-6-10-26)31-14-12-27(13-15-31)30-23-41-43(2)24-30/h4-6,9-10,12-15,18,20-25H,3,7-8,11,16,19H2,1-2H3,(H,38,45)(H,39,40). The maximum absolute atomic E-state index is 13.5. The van der Waals surface area contributed by atoms with Crippen molar-refractivity contribution < 1.29 is 4.79 Å². The molecule has 11 nitrogen and oxygen atoms in total. The third-order valence-corrected chi connectivity index (χ3v) is 7.43. The molecule has 0 fully saturated rings. The number of anilines is 1. The zero-order valence-corrected chi connectivity index (χ0v) is 25.5. The number of rotatable bonds is 13. The fourth-order valence-electron chi connectivity index (χ4n) is 5.09. The van der Waals surface area contributed by atoms with E-state index in [0.717, 1.165) is 48.1 Å². The number of urea groups is 1. The lowest BCUT2D eigenvalue weighted by Crippen LogP contribution is -2.40. The van der Waals surface area contributed by atoms with Crippen LogP contribution in [0.3, 0.4) is 0 Å². The van der Waals surface area contributed by atoms with Crippen LogP contribution in [-0.4, -0.2) is 48.7 Å². The molecule has 0 saturated heterocycles. The van der Waals surface area contributed by atoms with Gasteiger partial charge in [-0.3, -0.25) is 14.7 Å². The zero-order chi connectivity index (χ0) is 31.4. The lowest BCUT2D eigenvalue weighted by molar-refractivity contribution is 0.245. The number of aromatic nitrogens is 6. The van der Waals surface area contributed by atoms with Crippen molar-refractivity contribution in [1.29, 1.82) is 5.26 Å². The van der Waals surface area contributed by atoms with Crippen LogP contribution in [0.1, 0.15) is 43.7 Å². The number of aliphatic imine (C=N–C) groups is 1. The molecule has 5 rings (SSSR count). The Labute approximate surface area is 262 Å². The van der Waals surface area contributed by atoms with E-state index in [1.807, 2.05) is 80.3 Å². The first-order valence-electron chi connectivity index (χ1n) is 15.0. The molecular weight excluding hydrogens is 564 g/mol. The molecular formula is C34H36N10O. The lowest BCUT2D eigenvalue weighted by atomic mass is 9.99. The van der Waals surface area contributed by atoms with Crippen molar-refractivity contribution >= 4 is 23.9 Å². The van der Waals surface area contributed by atoms with Crippen molar-refractivity contribution in [1.82, 2.24) is 35.3 Å². The number of hydrogen-bond acceptors (Lipinski definition) is 7. The fourth-order valence-corrected chi connectivity index (χ4v) is 5.09. The minimum atomic E-state index is -0.147. The monoisotopic (exact) mass is 600 g/mol. The van der Waals surface area contributed by atoms with Crippen molar-refractivity contribution in [2.24, 2.45) is 18.0 Å². The van der Waals surface area contributed by atoms with Gasteiger partial charge in [-0.2, -0.15) is 15.5 Å². The molecule has 2 aromatic carbocycles. The van der Waals surface area contributed by atoms with Gasteiger partial charge in [-0.1, -0.05) is 55.8 Å². The molecule has 1 atom stereocenters. The average molecular weight is 601 g/mol. The number of aryl methyl sites for hydroxylation is 1. The van der Waals surface area contributed by atoms with Crippen LogP contribution in [-0.2, 0) is 13.6 Å². The van der Waals surface area contributed by atoms with Crippen LogP contribution in [0.25, 0.3) is 22.4 Å². The van der Waals surface area contributed by atoms with E-state index in [2.05, 4.69) is 48.6 Å². The number of carbonyl (C=O) groups is 1. The summed E-state index contributed by atoms with van der Waals surface area (Å²) in [6, 6.07) is 19.9. The Morgan fingerprint density at radius 2 is 1.91 bits per heavy atom. The van der Waals surface area contributed by atoms with Crippen LogP contribution in [0.15, 0.2) is 90.6 Å². The number of aromatic amines is 1. The average Bonchev–Trinajstić information content (AvgIpc) is 3.77. The van der Waals surface area contributed by atoms with Gasteiger partial charge < -0.3 is 5.32 Å². The number of nitriles is 1. The molecule has 0 aliphatic heterocycles. The minimum absolute atomic E-state index is 0.147. The van der Waals surface area contributed by atoms with Crippen molar-refractivity contribution in [2.45, 2.75) is 39.2 Å². The Kier molecular flexibility index (Phi) is 10.4. The Bertz CT molecular complexity index is 1740. The molecule has 0 aliphatic carbocycles. The predicted molar refractivity (Wildman–Crippen MR) is 175 cm³/mol. The molecule has 1 unspecified atom stereocenters. The quantitative estimate of drug-likeness (QED) is 0.149. The third kappa shape index (κ3) is 8.26. The molecule has 2 N–H and O–H groups in total. The molecule has 3 heterocycles. The van der Waals surface area contributed by atoms with E-state index in [0.29, 0.717) is 35.9 Å². The van der Waals surface area contributed by atoms with Crippen LogP contribution < -0.4 is 10.2 Å². The molecule has 11 heteroatoms. The molecule has 5 aromatic rings. The predicted octanol–water partition coefficient (Wildman–Crippen LogP) is 6.45. The van der Waals surface area contributed by atoms with Crippen LogP contribution in [0.2, 0.25) is 0 Å². The maximum Gasteiger partial charge on any atom is 0.322 e. The second kappa shape index (κ2) is 15.2. The van der Waals surface area contributed by atoms with Crippen molar-refractivity contribution in [3.8, 4) is 28.5 Å². The van der Waals surface area contributed by atoms with Gasteiger partial charge in [0.25, 0.3) is 0 Å². The van der Waals surface area contributed by atoms with Gasteiger partial charge >= 0.3 is 6.03 Å². The highest BCUT2D eigenvalue weighted by atomic mass is 16.2. The smallest absolute Gasteiger partial charge is 0.322 e. The molecule has 0 spiro atoms. The van der Waals surface area contributed by atoms with Crippen molar-refractivity contribution in [2.75, 3.05) is 11.4 Å². The number of benzene rings is 2. The summed E-state index contributed by atoms with van der Waals surface area (Å²) >= 11 is 0. The summed E-state index contributed by atoms with van der Waals surface area (Å²) in [5.74, 6) is 0.468. The van der Waals surface area contributed by atoms with E-state index in [1.54, 1.807) is 22.0 Å². The molecule has 228 valence electrons. The van der Waals surface area contributed by atoms with E-state index in [4.69, 9.17) is 0 Å². The number of carbonyl (C=O) groups excluding carboxylic acids is 1. The van der Waals surface area contributed by atoms with E-state index in [1.165, 1.54) is 6.20 Å². The van der Waals surface area contributed by atoms with Crippen LogP contribution >= 0.6 is 0 Å². The van der Waals surface area contributed by atoms with E-state index in [-0.39, 0.29) is 11.9 Å². The first-order chi connectivity index (χ1) is 22.0. The number of H-pyrrole nitrogens is 1. The number of nitrogens with one attached hydrogen (secondary N) is 2. The highest BCUT2D eigenvalue weighted by molar-refractivity contribution is 5.92. The molecule has 3 aromatic heterocycles. The summed E-state index contributed by atoms with van der Waals surface area (Å²) in [6.45, 7) is 3.13. The fraction of sp³-hybridized carbons (Fsp3) is 0.265. The third-order valence-electron chi connectivity index (χ3n) is 7.43. The van der Waals surface area contributed by atoms with Gasteiger partial charge in [-0.15, -0.1) is 0 Å². The first kappa shape index (κ1) is 30.8. The van der Waals surface area contributed by atoms with Crippen molar-refractivity contribution in [3.05, 3.63) is 96.7 Å². The van der Waals surface area contributed by atoms with Crippen LogP contribution in [0, 0.1) is 17.2 Å². The van der Waals surface area contributed by atoms with Gasteiger partial charge in [0.05, 0.1) is 29.8 Å². The van der Waals surface area contributed by atoms with Crippen molar-refractivity contribution in [3.63, 3.8) is 0 Å².